The molecule has 28 heavy (non-hydrogen) atoms. The molecule has 0 amide bonds. The Morgan fingerprint density at radius 1 is 1.04 bits per heavy atom. The Morgan fingerprint density at radius 3 is 2.39 bits per heavy atom. The molecule has 0 aromatic heterocycles. The van der Waals surface area contributed by atoms with Gasteiger partial charge >= 0.3 is 0 Å². The van der Waals surface area contributed by atoms with Crippen molar-refractivity contribution >= 4 is 5.96 Å². The molecule has 5 heteroatoms. The monoisotopic (exact) mass is 381 g/mol. The highest BCUT2D eigenvalue weighted by atomic mass is 16.5. The highest BCUT2D eigenvalue weighted by Crippen LogP contribution is 2.35. The summed E-state index contributed by atoms with van der Waals surface area (Å²) in [7, 11) is 1.70. The average molecular weight is 382 g/mol. The van der Waals surface area contributed by atoms with Gasteiger partial charge in [0.1, 0.15) is 5.75 Å². The minimum atomic E-state index is 0.0352. The lowest BCUT2D eigenvalue weighted by atomic mass is 9.74. The van der Waals surface area contributed by atoms with Gasteiger partial charge in [0.2, 0.25) is 0 Å². The molecule has 1 aliphatic rings. The van der Waals surface area contributed by atoms with Crippen molar-refractivity contribution in [3.8, 4) is 5.75 Å². The minimum absolute atomic E-state index is 0.0352. The third-order valence-corrected chi connectivity index (χ3v) is 5.35. The highest BCUT2D eigenvalue weighted by Gasteiger charge is 2.34. The van der Waals surface area contributed by atoms with E-state index in [2.05, 4.69) is 41.8 Å². The maximum absolute atomic E-state index is 5.65. The highest BCUT2D eigenvalue weighted by molar-refractivity contribution is 5.79. The van der Waals surface area contributed by atoms with Gasteiger partial charge in [-0.15, -0.1) is 0 Å². The van der Waals surface area contributed by atoms with Crippen LogP contribution in [0.15, 0.2) is 59.6 Å². The largest absolute Gasteiger partial charge is 0.497 e. The Morgan fingerprint density at radius 2 is 1.75 bits per heavy atom. The van der Waals surface area contributed by atoms with E-state index in [1.807, 2.05) is 30.3 Å². The minimum Gasteiger partial charge on any atom is -0.497 e. The van der Waals surface area contributed by atoms with Gasteiger partial charge in [0.05, 0.1) is 13.7 Å². The van der Waals surface area contributed by atoms with Crippen molar-refractivity contribution in [1.29, 1.82) is 0 Å². The van der Waals surface area contributed by atoms with Gasteiger partial charge in [-0.05, 0) is 43.0 Å². The lowest BCUT2D eigenvalue weighted by Crippen LogP contribution is -2.48. The maximum Gasteiger partial charge on any atom is 0.191 e. The van der Waals surface area contributed by atoms with Crippen LogP contribution >= 0.6 is 0 Å². The number of hydrogen-bond donors (Lipinski definition) is 2. The molecule has 150 valence electrons. The molecule has 1 heterocycles. The quantitative estimate of drug-likeness (QED) is 0.569. The number of benzene rings is 2. The Hall–Kier alpha value is -2.53. The normalized spacial score (nSPS) is 16.4. The third kappa shape index (κ3) is 5.26. The molecule has 0 radical (unpaired) electrons. The first-order valence-corrected chi connectivity index (χ1v) is 10.0. The second-order valence-corrected chi connectivity index (χ2v) is 7.16. The zero-order valence-electron chi connectivity index (χ0n) is 16.9. The van der Waals surface area contributed by atoms with Crippen LogP contribution in [0, 0.1) is 0 Å². The Bertz CT molecular complexity index is 738. The third-order valence-electron chi connectivity index (χ3n) is 5.35. The van der Waals surface area contributed by atoms with Crippen LogP contribution in [0.2, 0.25) is 0 Å². The van der Waals surface area contributed by atoms with Crippen LogP contribution in [0.4, 0.5) is 0 Å². The summed E-state index contributed by atoms with van der Waals surface area (Å²) in [6, 6.07) is 18.8. The van der Waals surface area contributed by atoms with Gasteiger partial charge in [-0.25, -0.2) is 4.99 Å². The van der Waals surface area contributed by atoms with E-state index in [0.29, 0.717) is 6.54 Å². The first-order valence-electron chi connectivity index (χ1n) is 10.0. The van der Waals surface area contributed by atoms with Crippen molar-refractivity contribution in [2.24, 2.45) is 4.99 Å². The topological polar surface area (TPSA) is 54.9 Å². The molecular weight excluding hydrogens is 350 g/mol. The van der Waals surface area contributed by atoms with Crippen LogP contribution in [0.3, 0.4) is 0 Å². The molecule has 0 unspecified atom stereocenters. The summed E-state index contributed by atoms with van der Waals surface area (Å²) < 4.78 is 11.0. The number of nitrogens with zero attached hydrogens (tertiary/aromatic N) is 1. The molecular formula is C23H31N3O2. The molecule has 0 spiro atoms. The van der Waals surface area contributed by atoms with Gasteiger partial charge in [0.15, 0.2) is 5.96 Å². The second-order valence-electron chi connectivity index (χ2n) is 7.16. The summed E-state index contributed by atoms with van der Waals surface area (Å²) in [6.07, 6.45) is 1.98. The maximum atomic E-state index is 5.65. The van der Waals surface area contributed by atoms with Crippen molar-refractivity contribution in [1.82, 2.24) is 10.6 Å². The zero-order valence-corrected chi connectivity index (χ0v) is 16.9. The fourth-order valence-electron chi connectivity index (χ4n) is 3.62. The molecule has 0 bridgehead atoms. The summed E-state index contributed by atoms with van der Waals surface area (Å²) in [4.78, 5) is 4.76. The van der Waals surface area contributed by atoms with Gasteiger partial charge in [-0.1, -0.05) is 42.5 Å². The Kier molecular flexibility index (Phi) is 7.31. The van der Waals surface area contributed by atoms with E-state index in [-0.39, 0.29) is 5.41 Å². The van der Waals surface area contributed by atoms with Gasteiger partial charge in [-0.2, -0.15) is 0 Å². The van der Waals surface area contributed by atoms with Gasteiger partial charge in [0, 0.05) is 31.7 Å². The van der Waals surface area contributed by atoms with Crippen LogP contribution in [0.1, 0.15) is 30.9 Å². The van der Waals surface area contributed by atoms with Gasteiger partial charge in [-0.3, -0.25) is 0 Å². The van der Waals surface area contributed by atoms with Crippen LogP contribution in [-0.4, -0.2) is 39.4 Å². The van der Waals surface area contributed by atoms with E-state index in [1.54, 1.807) is 7.11 Å². The first kappa shape index (κ1) is 20.2. The molecule has 2 aromatic rings. The molecule has 1 saturated heterocycles. The van der Waals surface area contributed by atoms with Crippen molar-refractivity contribution in [2.45, 2.75) is 31.7 Å². The first-order chi connectivity index (χ1) is 13.8. The lowest BCUT2D eigenvalue weighted by Gasteiger charge is -2.38. The van der Waals surface area contributed by atoms with E-state index in [9.17, 15) is 0 Å². The van der Waals surface area contributed by atoms with Crippen LogP contribution in [-0.2, 0) is 16.7 Å². The van der Waals surface area contributed by atoms with Crippen LogP contribution in [0.5, 0.6) is 5.75 Å². The molecule has 3 rings (SSSR count). The number of ether oxygens (including phenoxy) is 2. The van der Waals surface area contributed by atoms with Crippen LogP contribution < -0.4 is 15.4 Å². The SMILES string of the molecule is CCNC(=NCc1ccccc1)NCC1(c2ccc(OC)cc2)CCOCC1. The summed E-state index contributed by atoms with van der Waals surface area (Å²) in [5.74, 6) is 1.74. The van der Waals surface area contributed by atoms with E-state index >= 15 is 0 Å². The fraction of sp³-hybridized carbons (Fsp3) is 0.435. The average Bonchev–Trinajstić information content (AvgIpc) is 2.77. The molecule has 0 atom stereocenters. The van der Waals surface area contributed by atoms with Crippen LogP contribution in [0.25, 0.3) is 0 Å². The van der Waals surface area contributed by atoms with Crippen molar-refractivity contribution in [2.75, 3.05) is 33.4 Å². The molecule has 2 N–H and O–H groups in total. The molecule has 5 nitrogen and oxygen atoms in total. The Balaban J connectivity index is 1.73. The fourth-order valence-corrected chi connectivity index (χ4v) is 3.62. The predicted octanol–water partition coefficient (Wildman–Crippen LogP) is 3.50. The van der Waals surface area contributed by atoms with Gasteiger partial charge < -0.3 is 20.1 Å². The number of nitrogens with one attached hydrogen (secondary N) is 2. The summed E-state index contributed by atoms with van der Waals surface area (Å²) in [5.41, 5.74) is 2.56. The smallest absolute Gasteiger partial charge is 0.191 e. The molecule has 0 aliphatic carbocycles. The predicted molar refractivity (Wildman–Crippen MR) is 114 cm³/mol. The van der Waals surface area contributed by atoms with E-state index < -0.39 is 0 Å². The van der Waals surface area contributed by atoms with Gasteiger partial charge in [0.25, 0.3) is 0 Å². The summed E-state index contributed by atoms with van der Waals surface area (Å²) in [5, 5.41) is 6.95. The Labute approximate surface area is 168 Å². The number of guanidine groups is 1. The molecule has 0 saturated carbocycles. The van der Waals surface area contributed by atoms with E-state index in [1.165, 1.54) is 11.1 Å². The summed E-state index contributed by atoms with van der Waals surface area (Å²) >= 11 is 0. The summed E-state index contributed by atoms with van der Waals surface area (Å²) in [6.45, 7) is 5.97. The lowest BCUT2D eigenvalue weighted by molar-refractivity contribution is 0.0513. The van der Waals surface area contributed by atoms with Crippen molar-refractivity contribution < 1.29 is 9.47 Å². The molecule has 1 fully saturated rings. The number of aliphatic imine (C=N–C) groups is 1. The zero-order chi connectivity index (χ0) is 19.7. The van der Waals surface area contributed by atoms with Crippen molar-refractivity contribution in [3.05, 3.63) is 65.7 Å². The number of rotatable bonds is 7. The molecule has 2 aromatic carbocycles. The second kappa shape index (κ2) is 10.1. The number of hydrogen-bond acceptors (Lipinski definition) is 3. The molecule has 1 aliphatic heterocycles. The van der Waals surface area contributed by atoms with E-state index in [0.717, 1.165) is 50.9 Å². The number of methoxy groups -OCH3 is 1. The van der Waals surface area contributed by atoms with Crippen molar-refractivity contribution in [3.63, 3.8) is 0 Å². The standard InChI is InChI=1S/C23H31N3O2/c1-3-24-22(25-17-19-7-5-4-6-8-19)26-18-23(13-15-28-16-14-23)20-9-11-21(27-2)12-10-20/h4-12H,3,13-18H2,1-2H3,(H2,24,25,26). The van der Waals surface area contributed by atoms with E-state index in [4.69, 9.17) is 14.5 Å².